The van der Waals surface area contributed by atoms with Crippen molar-refractivity contribution in [2.24, 2.45) is 0 Å². The number of carbonyl (C=O) groups excluding carboxylic acids is 1. The summed E-state index contributed by atoms with van der Waals surface area (Å²) < 4.78 is 59.1. The van der Waals surface area contributed by atoms with E-state index in [1.54, 1.807) is 30.3 Å². The van der Waals surface area contributed by atoms with Gasteiger partial charge in [-0.25, -0.2) is 9.18 Å². The van der Waals surface area contributed by atoms with E-state index < -0.39 is 22.0 Å². The molecule has 0 aliphatic rings. The van der Waals surface area contributed by atoms with E-state index in [1.165, 1.54) is 38.4 Å². The van der Waals surface area contributed by atoms with Gasteiger partial charge in [-0.15, -0.1) is 0 Å². The van der Waals surface area contributed by atoms with Crippen LogP contribution in [0.1, 0.15) is 5.56 Å². The standard InChI is InChI=1S/C25H27FN2O7S/c1-32-12-11-28(25(29)27-20-14-22(33-2)16-23(15-20)34-3)17-18-5-4-6-21(13-18)35-36(30,31)24-9-7-19(26)8-10-24/h4-10,13-16H,11-12,17H2,1-3H3,(H,27,29). The SMILES string of the molecule is COCCN(Cc1cccc(OS(=O)(=O)c2ccc(F)cc2)c1)C(=O)Nc1cc(OC)cc(OC)c1. The first-order chi connectivity index (χ1) is 17.2. The minimum Gasteiger partial charge on any atom is -0.497 e. The van der Waals surface area contributed by atoms with E-state index >= 15 is 0 Å². The van der Waals surface area contributed by atoms with Crippen LogP contribution in [0.4, 0.5) is 14.9 Å². The molecule has 36 heavy (non-hydrogen) atoms. The van der Waals surface area contributed by atoms with Gasteiger partial charge in [0, 0.05) is 44.1 Å². The molecule has 3 aromatic carbocycles. The number of nitrogens with zero attached hydrogens (tertiary/aromatic N) is 1. The highest BCUT2D eigenvalue weighted by atomic mass is 32.2. The first-order valence-electron chi connectivity index (χ1n) is 10.8. The van der Waals surface area contributed by atoms with Gasteiger partial charge in [0.15, 0.2) is 0 Å². The van der Waals surface area contributed by atoms with Crippen molar-refractivity contribution in [3.8, 4) is 17.2 Å². The third-order valence-electron chi connectivity index (χ3n) is 5.04. The normalized spacial score (nSPS) is 11.0. The van der Waals surface area contributed by atoms with Crippen molar-refractivity contribution in [3.05, 3.63) is 78.1 Å². The number of amides is 2. The van der Waals surface area contributed by atoms with Gasteiger partial charge in [0.1, 0.15) is 28.0 Å². The molecule has 1 N–H and O–H groups in total. The minimum absolute atomic E-state index is 0.0569. The number of urea groups is 1. The van der Waals surface area contributed by atoms with E-state index in [1.807, 2.05) is 0 Å². The van der Waals surface area contributed by atoms with Crippen LogP contribution in [0.25, 0.3) is 0 Å². The molecule has 0 bridgehead atoms. The molecule has 0 heterocycles. The highest BCUT2D eigenvalue weighted by Gasteiger charge is 2.19. The van der Waals surface area contributed by atoms with Gasteiger partial charge in [-0.1, -0.05) is 12.1 Å². The van der Waals surface area contributed by atoms with E-state index in [2.05, 4.69) is 5.32 Å². The van der Waals surface area contributed by atoms with E-state index in [4.69, 9.17) is 18.4 Å². The molecule has 0 radical (unpaired) electrons. The molecule has 0 spiro atoms. The van der Waals surface area contributed by atoms with Crippen LogP contribution in [-0.2, 0) is 21.4 Å². The average molecular weight is 519 g/mol. The molecule has 11 heteroatoms. The van der Waals surface area contributed by atoms with Gasteiger partial charge in [-0.3, -0.25) is 0 Å². The van der Waals surface area contributed by atoms with Gasteiger partial charge in [0.25, 0.3) is 0 Å². The summed E-state index contributed by atoms with van der Waals surface area (Å²) in [4.78, 5) is 14.4. The summed E-state index contributed by atoms with van der Waals surface area (Å²) in [6.07, 6.45) is 0. The molecular formula is C25H27FN2O7S. The molecule has 3 aromatic rings. The molecule has 0 aromatic heterocycles. The van der Waals surface area contributed by atoms with Gasteiger partial charge < -0.3 is 28.6 Å². The molecule has 3 rings (SSSR count). The number of halogens is 1. The van der Waals surface area contributed by atoms with Crippen LogP contribution in [0.2, 0.25) is 0 Å². The topological polar surface area (TPSA) is 103 Å². The molecule has 0 saturated heterocycles. The van der Waals surface area contributed by atoms with Crippen molar-refractivity contribution >= 4 is 21.8 Å². The van der Waals surface area contributed by atoms with E-state index in [9.17, 15) is 17.6 Å². The fraction of sp³-hybridized carbons (Fsp3) is 0.240. The molecule has 2 amide bonds. The summed E-state index contributed by atoms with van der Waals surface area (Å²) in [5.74, 6) is 0.528. The number of carbonyl (C=O) groups is 1. The van der Waals surface area contributed by atoms with Crippen LogP contribution in [0.15, 0.2) is 71.6 Å². The van der Waals surface area contributed by atoms with Gasteiger partial charge in [-0.05, 0) is 42.0 Å². The Bertz CT molecular complexity index is 1260. The molecule has 192 valence electrons. The second-order valence-corrected chi connectivity index (χ2v) is 9.13. The van der Waals surface area contributed by atoms with Crippen LogP contribution in [-0.4, -0.2) is 53.8 Å². The predicted octanol–water partition coefficient (Wildman–Crippen LogP) is 4.29. The summed E-state index contributed by atoms with van der Waals surface area (Å²) in [6.45, 7) is 0.691. The van der Waals surface area contributed by atoms with Crippen LogP contribution in [0, 0.1) is 5.82 Å². The number of hydrogen-bond donors (Lipinski definition) is 1. The summed E-state index contributed by atoms with van der Waals surface area (Å²) in [5.41, 5.74) is 1.09. The summed E-state index contributed by atoms with van der Waals surface area (Å²) in [7, 11) is 0.384. The lowest BCUT2D eigenvalue weighted by atomic mass is 10.2. The molecule has 0 atom stereocenters. The zero-order valence-electron chi connectivity index (χ0n) is 20.1. The maximum Gasteiger partial charge on any atom is 0.339 e. The van der Waals surface area contributed by atoms with Crippen molar-refractivity contribution < 1.29 is 36.0 Å². The van der Waals surface area contributed by atoms with Crippen LogP contribution >= 0.6 is 0 Å². The quantitative estimate of drug-likeness (QED) is 0.378. The first-order valence-corrected chi connectivity index (χ1v) is 12.2. The van der Waals surface area contributed by atoms with E-state index in [0.717, 1.165) is 24.3 Å². The number of hydrogen-bond acceptors (Lipinski definition) is 7. The second kappa shape index (κ2) is 12.2. The second-order valence-electron chi connectivity index (χ2n) is 7.58. The lowest BCUT2D eigenvalue weighted by Crippen LogP contribution is -2.36. The Morgan fingerprint density at radius 3 is 2.19 bits per heavy atom. The van der Waals surface area contributed by atoms with Crippen molar-refractivity contribution in [1.82, 2.24) is 4.90 Å². The number of nitrogens with one attached hydrogen (secondary N) is 1. The maximum atomic E-state index is 13.1. The Morgan fingerprint density at radius 1 is 0.917 bits per heavy atom. The first kappa shape index (κ1) is 26.8. The van der Waals surface area contributed by atoms with Gasteiger partial charge in [-0.2, -0.15) is 8.42 Å². The number of anilines is 1. The van der Waals surface area contributed by atoms with Crippen LogP contribution in [0.5, 0.6) is 17.2 Å². The predicted molar refractivity (Wildman–Crippen MR) is 132 cm³/mol. The smallest absolute Gasteiger partial charge is 0.339 e. The average Bonchev–Trinajstić information content (AvgIpc) is 2.86. The summed E-state index contributed by atoms with van der Waals surface area (Å²) in [6, 6.07) is 15.3. The Morgan fingerprint density at radius 2 is 1.58 bits per heavy atom. The zero-order chi connectivity index (χ0) is 26.1. The van der Waals surface area contributed by atoms with Crippen molar-refractivity contribution in [3.63, 3.8) is 0 Å². The molecular weight excluding hydrogens is 491 g/mol. The lowest BCUT2D eigenvalue weighted by Gasteiger charge is -2.23. The molecule has 0 aliphatic carbocycles. The summed E-state index contributed by atoms with van der Waals surface area (Å²) >= 11 is 0. The Hall–Kier alpha value is -3.83. The maximum absolute atomic E-state index is 13.1. The third kappa shape index (κ3) is 7.33. The molecule has 9 nitrogen and oxygen atoms in total. The van der Waals surface area contributed by atoms with Crippen molar-refractivity contribution in [2.75, 3.05) is 39.8 Å². The van der Waals surface area contributed by atoms with Crippen LogP contribution < -0.4 is 19.0 Å². The minimum atomic E-state index is -4.16. The molecule has 0 saturated carbocycles. The third-order valence-corrected chi connectivity index (χ3v) is 6.30. The van der Waals surface area contributed by atoms with E-state index in [-0.39, 0.29) is 30.3 Å². The van der Waals surface area contributed by atoms with Gasteiger partial charge >= 0.3 is 16.1 Å². The largest absolute Gasteiger partial charge is 0.497 e. The van der Waals surface area contributed by atoms with Crippen molar-refractivity contribution in [2.45, 2.75) is 11.4 Å². The number of rotatable bonds is 11. The summed E-state index contributed by atoms with van der Waals surface area (Å²) in [5, 5.41) is 2.81. The molecule has 0 fully saturated rings. The van der Waals surface area contributed by atoms with Gasteiger partial charge in [0.2, 0.25) is 0 Å². The number of benzene rings is 3. The lowest BCUT2D eigenvalue weighted by molar-refractivity contribution is 0.153. The fourth-order valence-corrected chi connectivity index (χ4v) is 4.15. The highest BCUT2D eigenvalue weighted by molar-refractivity contribution is 7.87. The Balaban J connectivity index is 1.77. The van der Waals surface area contributed by atoms with Gasteiger partial charge in [0.05, 0.1) is 20.8 Å². The Labute approximate surface area is 209 Å². The fourth-order valence-electron chi connectivity index (χ4n) is 3.23. The van der Waals surface area contributed by atoms with E-state index in [0.29, 0.717) is 22.7 Å². The number of methoxy groups -OCH3 is 3. The molecule has 0 aliphatic heterocycles. The van der Waals surface area contributed by atoms with Crippen molar-refractivity contribution in [1.29, 1.82) is 0 Å². The number of ether oxygens (including phenoxy) is 3. The van der Waals surface area contributed by atoms with Crippen LogP contribution in [0.3, 0.4) is 0 Å². The Kier molecular flexibility index (Phi) is 9.09. The monoisotopic (exact) mass is 518 g/mol. The highest BCUT2D eigenvalue weighted by Crippen LogP contribution is 2.26. The molecule has 0 unspecified atom stereocenters. The zero-order valence-corrected chi connectivity index (χ0v) is 20.9.